The average molecular weight is 212 g/mol. The first-order valence-corrected chi connectivity index (χ1v) is 5.52. The molecule has 1 nitrogen and oxygen atoms in total. The van der Waals surface area contributed by atoms with E-state index in [-0.39, 0.29) is 5.78 Å². The molecule has 0 aromatic carbocycles. The lowest BCUT2D eigenvalue weighted by molar-refractivity contribution is -0.111. The minimum Gasteiger partial charge on any atom is -0.289 e. The average Bonchev–Trinajstić information content (AvgIpc) is 2.43. The van der Waals surface area contributed by atoms with E-state index in [9.17, 15) is 4.79 Å². The lowest BCUT2D eigenvalue weighted by atomic mass is 9.93. The van der Waals surface area contributed by atoms with Gasteiger partial charge in [0.1, 0.15) is 0 Å². The normalized spacial score (nSPS) is 22.6. The van der Waals surface area contributed by atoms with Crippen LogP contribution < -0.4 is 0 Å². The molecule has 0 fully saturated rings. The standard InChI is InChI=1S/C15H16O/c1-9(2)7-13-11(4)12-6-5-10(3)8-14(12)15(13)16/h7-8H,1,4-6H2,2-3H3/b13-7+. The van der Waals surface area contributed by atoms with Crippen molar-refractivity contribution < 1.29 is 4.79 Å². The van der Waals surface area contributed by atoms with E-state index in [0.29, 0.717) is 0 Å². The topological polar surface area (TPSA) is 17.1 Å². The van der Waals surface area contributed by atoms with Crippen molar-refractivity contribution in [2.75, 3.05) is 0 Å². The second kappa shape index (κ2) is 3.75. The first-order chi connectivity index (χ1) is 7.50. The molecule has 0 amide bonds. The molecule has 0 saturated heterocycles. The van der Waals surface area contributed by atoms with Crippen LogP contribution in [-0.2, 0) is 4.79 Å². The molecule has 82 valence electrons. The van der Waals surface area contributed by atoms with Gasteiger partial charge in [-0.25, -0.2) is 0 Å². The van der Waals surface area contributed by atoms with Crippen LogP contribution in [0.25, 0.3) is 0 Å². The molecule has 2 aliphatic rings. The Morgan fingerprint density at radius 1 is 1.44 bits per heavy atom. The van der Waals surface area contributed by atoms with Gasteiger partial charge in [-0.15, -0.1) is 0 Å². The van der Waals surface area contributed by atoms with Crippen molar-refractivity contribution in [1.29, 1.82) is 0 Å². The van der Waals surface area contributed by atoms with Crippen molar-refractivity contribution in [3.8, 4) is 0 Å². The molecular formula is C15H16O. The number of hydrogen-bond acceptors (Lipinski definition) is 1. The summed E-state index contributed by atoms with van der Waals surface area (Å²) in [6.07, 6.45) is 5.82. The van der Waals surface area contributed by atoms with E-state index in [1.807, 2.05) is 19.1 Å². The van der Waals surface area contributed by atoms with Crippen LogP contribution in [-0.4, -0.2) is 5.78 Å². The minimum atomic E-state index is 0.113. The predicted octanol–water partition coefficient (Wildman–Crippen LogP) is 3.66. The number of Topliss-reactive ketones (excluding diaryl/α,β-unsaturated/α-hetero) is 1. The fraction of sp³-hybridized carbons (Fsp3) is 0.267. The highest BCUT2D eigenvalue weighted by atomic mass is 16.1. The smallest absolute Gasteiger partial charge is 0.193 e. The Morgan fingerprint density at radius 3 is 2.75 bits per heavy atom. The molecule has 0 radical (unpaired) electrons. The maximum absolute atomic E-state index is 12.2. The highest BCUT2D eigenvalue weighted by molar-refractivity contribution is 6.19. The van der Waals surface area contributed by atoms with Crippen molar-refractivity contribution in [2.45, 2.75) is 26.7 Å². The van der Waals surface area contributed by atoms with Crippen LogP contribution in [0.3, 0.4) is 0 Å². The zero-order chi connectivity index (χ0) is 11.9. The molecule has 0 heterocycles. The van der Waals surface area contributed by atoms with Crippen LogP contribution in [0.1, 0.15) is 26.7 Å². The van der Waals surface area contributed by atoms with Gasteiger partial charge >= 0.3 is 0 Å². The maximum Gasteiger partial charge on any atom is 0.193 e. The summed E-state index contributed by atoms with van der Waals surface area (Å²) in [5.74, 6) is 0.113. The summed E-state index contributed by atoms with van der Waals surface area (Å²) >= 11 is 0. The van der Waals surface area contributed by atoms with Crippen molar-refractivity contribution in [1.82, 2.24) is 0 Å². The molecule has 1 heteroatoms. The zero-order valence-electron chi connectivity index (χ0n) is 9.89. The monoisotopic (exact) mass is 212 g/mol. The maximum atomic E-state index is 12.2. The summed E-state index contributed by atoms with van der Waals surface area (Å²) in [6, 6.07) is 0. The van der Waals surface area contributed by atoms with E-state index in [1.54, 1.807) is 0 Å². The van der Waals surface area contributed by atoms with Gasteiger partial charge in [0.05, 0.1) is 0 Å². The molecule has 0 aromatic rings. The largest absolute Gasteiger partial charge is 0.289 e. The number of carbonyl (C=O) groups is 1. The van der Waals surface area contributed by atoms with Crippen molar-refractivity contribution in [2.24, 2.45) is 0 Å². The first-order valence-electron chi connectivity index (χ1n) is 5.52. The Kier molecular flexibility index (Phi) is 2.55. The second-order valence-electron chi connectivity index (χ2n) is 4.59. The first kappa shape index (κ1) is 10.9. The Morgan fingerprint density at radius 2 is 2.12 bits per heavy atom. The summed E-state index contributed by atoms with van der Waals surface area (Å²) in [6.45, 7) is 11.8. The summed E-state index contributed by atoms with van der Waals surface area (Å²) in [4.78, 5) is 12.2. The van der Waals surface area contributed by atoms with Crippen LogP contribution in [0.5, 0.6) is 0 Å². The highest BCUT2D eigenvalue weighted by Gasteiger charge is 2.31. The quantitative estimate of drug-likeness (QED) is 0.606. The molecule has 0 atom stereocenters. The van der Waals surface area contributed by atoms with E-state index in [0.717, 1.165) is 40.7 Å². The molecule has 2 aliphatic carbocycles. The van der Waals surface area contributed by atoms with Gasteiger partial charge in [-0.3, -0.25) is 4.79 Å². The molecule has 0 bridgehead atoms. The van der Waals surface area contributed by atoms with E-state index >= 15 is 0 Å². The Hall–Kier alpha value is -1.63. The summed E-state index contributed by atoms with van der Waals surface area (Å²) in [5.41, 5.74) is 5.76. The van der Waals surface area contributed by atoms with Gasteiger partial charge < -0.3 is 0 Å². The van der Waals surface area contributed by atoms with Crippen molar-refractivity contribution >= 4 is 5.78 Å². The fourth-order valence-electron chi connectivity index (χ4n) is 2.22. The van der Waals surface area contributed by atoms with Gasteiger partial charge in [0.2, 0.25) is 0 Å². The predicted molar refractivity (Wildman–Crippen MR) is 67.1 cm³/mol. The van der Waals surface area contributed by atoms with Crippen LogP contribution >= 0.6 is 0 Å². The second-order valence-corrected chi connectivity index (χ2v) is 4.59. The van der Waals surface area contributed by atoms with Crippen LogP contribution in [0.4, 0.5) is 0 Å². The number of allylic oxidation sites excluding steroid dienone is 8. The molecule has 0 aromatic heterocycles. The third-order valence-corrected chi connectivity index (χ3v) is 3.05. The van der Waals surface area contributed by atoms with Crippen LogP contribution in [0, 0.1) is 0 Å². The summed E-state index contributed by atoms with van der Waals surface area (Å²) < 4.78 is 0. The van der Waals surface area contributed by atoms with Crippen LogP contribution in [0.15, 0.2) is 58.7 Å². The Labute approximate surface area is 96.6 Å². The van der Waals surface area contributed by atoms with Crippen molar-refractivity contribution in [3.05, 3.63) is 58.7 Å². The fourth-order valence-corrected chi connectivity index (χ4v) is 2.22. The lowest BCUT2D eigenvalue weighted by Crippen LogP contribution is -2.00. The lowest BCUT2D eigenvalue weighted by Gasteiger charge is -2.11. The van der Waals surface area contributed by atoms with E-state index in [2.05, 4.69) is 20.1 Å². The van der Waals surface area contributed by atoms with Gasteiger partial charge in [-0.1, -0.05) is 30.4 Å². The van der Waals surface area contributed by atoms with Gasteiger partial charge in [0, 0.05) is 11.1 Å². The Balaban J connectivity index is 2.48. The minimum absolute atomic E-state index is 0.113. The van der Waals surface area contributed by atoms with E-state index < -0.39 is 0 Å². The number of ketones is 1. The molecule has 0 unspecified atom stereocenters. The molecule has 2 rings (SSSR count). The molecule has 0 saturated carbocycles. The third kappa shape index (κ3) is 1.63. The van der Waals surface area contributed by atoms with Crippen LogP contribution in [0.2, 0.25) is 0 Å². The molecule has 0 aliphatic heterocycles. The molecular weight excluding hydrogens is 196 g/mol. The van der Waals surface area contributed by atoms with Gasteiger partial charge in [0.25, 0.3) is 0 Å². The highest BCUT2D eigenvalue weighted by Crippen LogP contribution is 2.39. The SMILES string of the molecule is C=C(C)/C=C1\C(=C)C2=C(C=C(C)CC2)C1=O. The number of carbonyl (C=O) groups excluding carboxylic acids is 1. The summed E-state index contributed by atoms with van der Waals surface area (Å²) in [5, 5.41) is 0. The van der Waals surface area contributed by atoms with E-state index in [1.165, 1.54) is 5.57 Å². The van der Waals surface area contributed by atoms with Gasteiger partial charge in [0.15, 0.2) is 5.78 Å². The Bertz CT molecular complexity index is 496. The molecule has 0 N–H and O–H groups in total. The summed E-state index contributed by atoms with van der Waals surface area (Å²) in [7, 11) is 0. The molecule has 16 heavy (non-hydrogen) atoms. The zero-order valence-corrected chi connectivity index (χ0v) is 9.89. The van der Waals surface area contributed by atoms with Gasteiger partial charge in [-0.05, 0) is 43.9 Å². The third-order valence-electron chi connectivity index (χ3n) is 3.05. The number of rotatable bonds is 1. The van der Waals surface area contributed by atoms with E-state index in [4.69, 9.17) is 0 Å². The van der Waals surface area contributed by atoms with Crippen molar-refractivity contribution in [3.63, 3.8) is 0 Å². The molecule has 0 spiro atoms. The van der Waals surface area contributed by atoms with Gasteiger partial charge in [-0.2, -0.15) is 0 Å². The number of hydrogen-bond donors (Lipinski definition) is 0.